The molecule has 0 saturated carbocycles. The van der Waals surface area contributed by atoms with Crippen LogP contribution < -0.4 is 11.1 Å². The monoisotopic (exact) mass is 278 g/mol. The Morgan fingerprint density at radius 3 is 2.89 bits per heavy atom. The zero-order chi connectivity index (χ0) is 13.7. The van der Waals surface area contributed by atoms with Crippen LogP contribution in [0.4, 0.5) is 17.2 Å². The molecule has 0 aliphatic rings. The molecule has 1 aromatic carbocycles. The first-order valence-corrected chi connectivity index (χ1v) is 6.20. The van der Waals surface area contributed by atoms with Crippen LogP contribution >= 0.6 is 11.6 Å². The predicted octanol–water partition coefficient (Wildman–Crippen LogP) is 2.64. The summed E-state index contributed by atoms with van der Waals surface area (Å²) in [5.41, 5.74) is 8.23. The number of nitrogens with one attached hydrogen (secondary N) is 1. The number of nitrogen functional groups attached to an aromatic ring is 1. The molecular weight excluding hydrogens is 264 g/mol. The molecular formula is C13H15ClN4O. The van der Waals surface area contributed by atoms with Gasteiger partial charge in [-0.1, -0.05) is 29.8 Å². The molecule has 3 N–H and O–H groups in total. The van der Waals surface area contributed by atoms with Crippen LogP contribution in [0.25, 0.3) is 0 Å². The number of hydrogen-bond acceptors (Lipinski definition) is 5. The van der Waals surface area contributed by atoms with Gasteiger partial charge in [0.15, 0.2) is 11.0 Å². The Balaban J connectivity index is 2.25. The lowest BCUT2D eigenvalue weighted by Gasteiger charge is -2.12. The molecule has 0 radical (unpaired) electrons. The van der Waals surface area contributed by atoms with Crippen molar-refractivity contribution in [3.05, 3.63) is 41.3 Å². The third-order valence-corrected chi connectivity index (χ3v) is 2.98. The van der Waals surface area contributed by atoms with Crippen LogP contribution in [0.1, 0.15) is 5.56 Å². The number of ether oxygens (including phenoxy) is 1. The normalized spacial score (nSPS) is 10.4. The maximum atomic E-state index is 5.87. The molecule has 0 amide bonds. The van der Waals surface area contributed by atoms with Gasteiger partial charge in [-0.05, 0) is 18.1 Å². The minimum absolute atomic E-state index is 0.242. The van der Waals surface area contributed by atoms with Crippen LogP contribution in [0, 0.1) is 0 Å². The van der Waals surface area contributed by atoms with E-state index in [1.165, 1.54) is 6.33 Å². The van der Waals surface area contributed by atoms with E-state index in [4.69, 9.17) is 22.1 Å². The van der Waals surface area contributed by atoms with Crippen LogP contribution in [0.2, 0.25) is 5.15 Å². The molecule has 0 saturated heterocycles. The number of para-hydroxylation sites is 1. The number of methoxy groups -OCH3 is 1. The highest BCUT2D eigenvalue weighted by Crippen LogP contribution is 2.27. The van der Waals surface area contributed by atoms with E-state index in [0.717, 1.165) is 17.7 Å². The SMILES string of the molecule is COCCc1ccccc1Nc1ncnc(Cl)c1N. The van der Waals surface area contributed by atoms with Gasteiger partial charge in [0, 0.05) is 12.8 Å². The van der Waals surface area contributed by atoms with Crippen molar-refractivity contribution in [2.24, 2.45) is 0 Å². The fourth-order valence-corrected chi connectivity index (χ4v) is 1.81. The maximum absolute atomic E-state index is 5.87. The van der Waals surface area contributed by atoms with E-state index in [1.807, 2.05) is 24.3 Å². The summed E-state index contributed by atoms with van der Waals surface area (Å²) in [5, 5.41) is 3.42. The summed E-state index contributed by atoms with van der Waals surface area (Å²) in [6, 6.07) is 7.91. The van der Waals surface area contributed by atoms with E-state index < -0.39 is 0 Å². The number of nitrogens with zero attached hydrogens (tertiary/aromatic N) is 2. The fourth-order valence-electron chi connectivity index (χ4n) is 1.67. The average molecular weight is 279 g/mol. The summed E-state index contributed by atoms with van der Waals surface area (Å²) in [6.45, 7) is 0.651. The van der Waals surface area contributed by atoms with Gasteiger partial charge in [-0.15, -0.1) is 0 Å². The molecule has 2 rings (SSSR count). The van der Waals surface area contributed by atoms with Gasteiger partial charge in [-0.25, -0.2) is 9.97 Å². The van der Waals surface area contributed by atoms with Crippen molar-refractivity contribution in [1.29, 1.82) is 0 Å². The van der Waals surface area contributed by atoms with E-state index in [0.29, 0.717) is 18.1 Å². The Hall–Kier alpha value is -1.85. The number of nitrogens with two attached hydrogens (primary N) is 1. The van der Waals surface area contributed by atoms with E-state index in [-0.39, 0.29) is 5.15 Å². The van der Waals surface area contributed by atoms with Crippen LogP contribution in [0.3, 0.4) is 0 Å². The van der Waals surface area contributed by atoms with Gasteiger partial charge in [0.2, 0.25) is 0 Å². The van der Waals surface area contributed by atoms with Crippen LogP contribution in [-0.4, -0.2) is 23.7 Å². The summed E-state index contributed by atoms with van der Waals surface area (Å²) in [5.74, 6) is 0.505. The van der Waals surface area contributed by atoms with Crippen molar-refractivity contribution in [2.45, 2.75) is 6.42 Å². The van der Waals surface area contributed by atoms with Crippen molar-refractivity contribution < 1.29 is 4.74 Å². The van der Waals surface area contributed by atoms with Crippen LogP contribution in [0.5, 0.6) is 0 Å². The number of aromatic nitrogens is 2. The Kier molecular flexibility index (Phi) is 4.54. The molecule has 100 valence electrons. The van der Waals surface area contributed by atoms with E-state index in [2.05, 4.69) is 15.3 Å². The van der Waals surface area contributed by atoms with E-state index in [1.54, 1.807) is 7.11 Å². The second kappa shape index (κ2) is 6.36. The van der Waals surface area contributed by atoms with Gasteiger partial charge in [0.05, 0.1) is 6.61 Å². The zero-order valence-electron chi connectivity index (χ0n) is 10.6. The van der Waals surface area contributed by atoms with Crippen LogP contribution in [0.15, 0.2) is 30.6 Å². The molecule has 2 aromatic rings. The molecule has 6 heteroatoms. The summed E-state index contributed by atoms with van der Waals surface area (Å²) in [4.78, 5) is 7.92. The third kappa shape index (κ3) is 3.33. The van der Waals surface area contributed by atoms with Gasteiger partial charge < -0.3 is 15.8 Å². The van der Waals surface area contributed by atoms with Crippen molar-refractivity contribution in [3.8, 4) is 0 Å². The molecule has 0 aliphatic carbocycles. The van der Waals surface area contributed by atoms with Crippen LogP contribution in [-0.2, 0) is 11.2 Å². The molecule has 1 heterocycles. The first kappa shape index (κ1) is 13.6. The highest BCUT2D eigenvalue weighted by Gasteiger charge is 2.08. The summed E-state index contributed by atoms with van der Waals surface area (Å²) in [6.07, 6.45) is 2.18. The zero-order valence-corrected chi connectivity index (χ0v) is 11.3. The van der Waals surface area contributed by atoms with Crippen molar-refractivity contribution in [2.75, 3.05) is 24.8 Å². The first-order valence-electron chi connectivity index (χ1n) is 5.82. The number of benzene rings is 1. The Morgan fingerprint density at radius 2 is 2.11 bits per heavy atom. The molecule has 0 atom stereocenters. The van der Waals surface area contributed by atoms with Crippen molar-refractivity contribution >= 4 is 28.8 Å². The minimum Gasteiger partial charge on any atom is -0.393 e. The second-order valence-corrected chi connectivity index (χ2v) is 4.31. The molecule has 1 aromatic heterocycles. The number of halogens is 1. The highest BCUT2D eigenvalue weighted by atomic mass is 35.5. The molecule has 5 nitrogen and oxygen atoms in total. The van der Waals surface area contributed by atoms with Gasteiger partial charge in [-0.2, -0.15) is 0 Å². The van der Waals surface area contributed by atoms with Gasteiger partial charge >= 0.3 is 0 Å². The molecule has 0 unspecified atom stereocenters. The summed E-state index contributed by atoms with van der Waals surface area (Å²) < 4.78 is 5.09. The molecule has 0 bridgehead atoms. The van der Waals surface area contributed by atoms with Gasteiger partial charge in [-0.3, -0.25) is 0 Å². The molecule has 19 heavy (non-hydrogen) atoms. The van der Waals surface area contributed by atoms with E-state index >= 15 is 0 Å². The quantitative estimate of drug-likeness (QED) is 0.823. The lowest BCUT2D eigenvalue weighted by molar-refractivity contribution is 0.202. The fraction of sp³-hybridized carbons (Fsp3) is 0.231. The largest absolute Gasteiger partial charge is 0.393 e. The molecule has 0 aliphatic heterocycles. The van der Waals surface area contributed by atoms with E-state index in [9.17, 15) is 0 Å². The molecule has 0 fully saturated rings. The third-order valence-electron chi connectivity index (χ3n) is 2.68. The Bertz CT molecular complexity index is 562. The minimum atomic E-state index is 0.242. The lowest BCUT2D eigenvalue weighted by Crippen LogP contribution is -2.04. The smallest absolute Gasteiger partial charge is 0.158 e. The Labute approximate surface area is 116 Å². The predicted molar refractivity (Wildman–Crippen MR) is 76.8 cm³/mol. The topological polar surface area (TPSA) is 73.1 Å². The second-order valence-electron chi connectivity index (χ2n) is 3.95. The number of rotatable bonds is 5. The first-order chi connectivity index (χ1) is 9.22. The van der Waals surface area contributed by atoms with Gasteiger partial charge in [0.1, 0.15) is 12.0 Å². The number of hydrogen-bond donors (Lipinski definition) is 2. The lowest BCUT2D eigenvalue weighted by atomic mass is 10.1. The molecule has 0 spiro atoms. The summed E-state index contributed by atoms with van der Waals surface area (Å²) >= 11 is 5.87. The summed E-state index contributed by atoms with van der Waals surface area (Å²) in [7, 11) is 1.68. The maximum Gasteiger partial charge on any atom is 0.158 e. The van der Waals surface area contributed by atoms with Crippen molar-refractivity contribution in [3.63, 3.8) is 0 Å². The van der Waals surface area contributed by atoms with Gasteiger partial charge in [0.25, 0.3) is 0 Å². The number of anilines is 3. The Morgan fingerprint density at radius 1 is 1.32 bits per heavy atom. The standard InChI is InChI=1S/C13H15ClN4O/c1-19-7-6-9-4-2-3-5-10(9)18-13-11(15)12(14)16-8-17-13/h2-5,8H,6-7,15H2,1H3,(H,16,17,18). The highest BCUT2D eigenvalue weighted by molar-refractivity contribution is 6.32. The average Bonchev–Trinajstić information content (AvgIpc) is 2.43. The van der Waals surface area contributed by atoms with Crippen molar-refractivity contribution in [1.82, 2.24) is 9.97 Å².